The summed E-state index contributed by atoms with van der Waals surface area (Å²) >= 11 is 0. The van der Waals surface area contributed by atoms with Crippen LogP contribution in [0, 0.1) is 21.4 Å². The highest BCUT2D eigenvalue weighted by Gasteiger charge is 2.24. The number of nitriles is 1. The molecule has 0 aliphatic carbocycles. The van der Waals surface area contributed by atoms with Crippen molar-refractivity contribution < 1.29 is 24.7 Å². The molecule has 0 spiro atoms. The summed E-state index contributed by atoms with van der Waals surface area (Å²) in [5.74, 6) is -2.51. The molecule has 1 aromatic carbocycles. The van der Waals surface area contributed by atoms with E-state index >= 15 is 0 Å². The fraction of sp³-hybridized carbons (Fsp3) is 0.231. The van der Waals surface area contributed by atoms with Crippen LogP contribution in [0.1, 0.15) is 5.56 Å². The van der Waals surface area contributed by atoms with Gasteiger partial charge in [0.15, 0.2) is 11.3 Å². The number of methoxy groups -OCH3 is 1. The number of nitro groups is 1. The van der Waals surface area contributed by atoms with Crippen LogP contribution in [0.3, 0.4) is 0 Å². The zero-order chi connectivity index (χ0) is 17.0. The third-order valence-corrected chi connectivity index (χ3v) is 2.71. The molecule has 0 saturated carbocycles. The Hall–Kier alpha value is -3.28. The van der Waals surface area contributed by atoms with Gasteiger partial charge < -0.3 is 19.8 Å². The Morgan fingerprint density at radius 3 is 2.45 bits per heavy atom. The number of nitrogens with zero attached hydrogens (tertiary/aromatic N) is 3. The van der Waals surface area contributed by atoms with E-state index in [1.165, 1.54) is 21.2 Å². The van der Waals surface area contributed by atoms with Gasteiger partial charge in [-0.05, 0) is 6.07 Å². The number of aliphatic hydroxyl groups excluding tert-OH is 1. The molecule has 0 unspecified atom stereocenters. The maximum atomic E-state index is 11.8. The van der Waals surface area contributed by atoms with Gasteiger partial charge in [0.25, 0.3) is 5.91 Å². The standard InChI is InChI=1S/C13H13N3O6/c1-15(2)13(19)8(6-14)11(17)7-4-9(16(20)21)12(18)10(5-7)22-3/h4-5,17-18H,1-3H3/b11-8-. The number of aliphatic hydroxyl groups is 1. The molecule has 0 heterocycles. The van der Waals surface area contributed by atoms with Gasteiger partial charge >= 0.3 is 5.69 Å². The molecule has 22 heavy (non-hydrogen) atoms. The summed E-state index contributed by atoms with van der Waals surface area (Å²) in [6.07, 6.45) is 0. The summed E-state index contributed by atoms with van der Waals surface area (Å²) in [7, 11) is 3.93. The Kier molecular flexibility index (Phi) is 4.92. The first-order chi connectivity index (χ1) is 10.2. The number of phenolic OH excluding ortho intramolecular Hbond substituents is 1. The zero-order valence-corrected chi connectivity index (χ0v) is 12.0. The van der Waals surface area contributed by atoms with Crippen LogP contribution in [0.2, 0.25) is 0 Å². The van der Waals surface area contributed by atoms with Crippen LogP contribution >= 0.6 is 0 Å². The number of rotatable bonds is 4. The van der Waals surface area contributed by atoms with Crippen molar-refractivity contribution in [2.75, 3.05) is 21.2 Å². The fourth-order valence-corrected chi connectivity index (χ4v) is 1.59. The molecule has 116 valence electrons. The van der Waals surface area contributed by atoms with Crippen molar-refractivity contribution in [1.82, 2.24) is 4.90 Å². The van der Waals surface area contributed by atoms with Crippen LogP contribution in [-0.2, 0) is 4.79 Å². The van der Waals surface area contributed by atoms with Crippen LogP contribution in [0.15, 0.2) is 17.7 Å². The molecule has 0 atom stereocenters. The van der Waals surface area contributed by atoms with Gasteiger partial charge in [0, 0.05) is 25.7 Å². The lowest BCUT2D eigenvalue weighted by atomic mass is 10.1. The molecule has 9 heteroatoms. The number of benzene rings is 1. The minimum absolute atomic E-state index is 0.201. The predicted octanol–water partition coefficient (Wildman–Crippen LogP) is 1.19. The number of ether oxygens (including phenoxy) is 1. The molecule has 0 saturated heterocycles. The second-order valence-electron chi connectivity index (χ2n) is 4.34. The summed E-state index contributed by atoms with van der Waals surface area (Å²) in [6.45, 7) is 0. The molecule has 0 bridgehead atoms. The van der Waals surface area contributed by atoms with Crippen LogP contribution in [0.4, 0.5) is 5.69 Å². The first-order valence-corrected chi connectivity index (χ1v) is 5.85. The number of hydrogen-bond donors (Lipinski definition) is 2. The molecule has 2 N–H and O–H groups in total. The Morgan fingerprint density at radius 1 is 1.45 bits per heavy atom. The third kappa shape index (κ3) is 3.06. The van der Waals surface area contributed by atoms with Gasteiger partial charge in [-0.3, -0.25) is 14.9 Å². The van der Waals surface area contributed by atoms with Crippen molar-refractivity contribution in [3.8, 4) is 17.6 Å². The van der Waals surface area contributed by atoms with Crippen molar-refractivity contribution in [3.63, 3.8) is 0 Å². The highest BCUT2D eigenvalue weighted by molar-refractivity contribution is 6.03. The van der Waals surface area contributed by atoms with Crippen LogP contribution in [0.5, 0.6) is 11.5 Å². The minimum atomic E-state index is -0.881. The highest BCUT2D eigenvalue weighted by atomic mass is 16.6. The monoisotopic (exact) mass is 307 g/mol. The van der Waals surface area contributed by atoms with Gasteiger partial charge in [0.05, 0.1) is 12.0 Å². The maximum Gasteiger partial charge on any atom is 0.315 e. The topological polar surface area (TPSA) is 137 Å². The first-order valence-electron chi connectivity index (χ1n) is 5.85. The molecular formula is C13H13N3O6. The summed E-state index contributed by atoms with van der Waals surface area (Å²) in [5, 5.41) is 39.6. The lowest BCUT2D eigenvalue weighted by Crippen LogP contribution is -2.23. The zero-order valence-electron chi connectivity index (χ0n) is 12.0. The van der Waals surface area contributed by atoms with E-state index in [0.717, 1.165) is 17.0 Å². The molecule has 0 aliphatic rings. The maximum absolute atomic E-state index is 11.8. The van der Waals surface area contributed by atoms with Crippen molar-refractivity contribution in [2.45, 2.75) is 0 Å². The molecule has 0 fully saturated rings. The SMILES string of the molecule is COc1cc(/C(O)=C(\C#N)C(=O)N(C)C)cc([N+](=O)[O-])c1O. The van der Waals surface area contributed by atoms with Gasteiger partial charge in [-0.1, -0.05) is 0 Å². The second kappa shape index (κ2) is 6.45. The summed E-state index contributed by atoms with van der Waals surface area (Å²) in [6, 6.07) is 3.47. The largest absolute Gasteiger partial charge is 0.506 e. The van der Waals surface area contributed by atoms with Gasteiger partial charge in [-0.25, -0.2) is 0 Å². The molecule has 1 rings (SSSR count). The normalized spacial score (nSPS) is 11.2. The average molecular weight is 307 g/mol. The third-order valence-electron chi connectivity index (χ3n) is 2.71. The van der Waals surface area contributed by atoms with Crippen LogP contribution in [0.25, 0.3) is 5.76 Å². The number of nitro benzene ring substituents is 1. The van der Waals surface area contributed by atoms with Gasteiger partial charge in [0.1, 0.15) is 11.8 Å². The van der Waals surface area contributed by atoms with E-state index in [2.05, 4.69) is 0 Å². The van der Waals surface area contributed by atoms with E-state index in [1.54, 1.807) is 6.07 Å². The number of phenols is 1. The summed E-state index contributed by atoms with van der Waals surface area (Å²) in [5.41, 5.74) is -1.52. The first kappa shape index (κ1) is 16.8. The molecule has 9 nitrogen and oxygen atoms in total. The summed E-state index contributed by atoms with van der Waals surface area (Å²) < 4.78 is 4.78. The Labute approximate surface area is 125 Å². The van der Waals surface area contributed by atoms with Gasteiger partial charge in [-0.2, -0.15) is 5.26 Å². The number of carbonyl (C=O) groups excluding carboxylic acids is 1. The lowest BCUT2D eigenvalue weighted by Gasteiger charge is -2.11. The van der Waals surface area contributed by atoms with E-state index in [-0.39, 0.29) is 11.3 Å². The number of aromatic hydroxyl groups is 1. The molecule has 0 radical (unpaired) electrons. The molecular weight excluding hydrogens is 294 g/mol. The second-order valence-corrected chi connectivity index (χ2v) is 4.34. The minimum Gasteiger partial charge on any atom is -0.506 e. The molecule has 0 aliphatic heterocycles. The average Bonchev–Trinajstić information content (AvgIpc) is 2.47. The number of carbonyl (C=O) groups is 1. The van der Waals surface area contributed by atoms with Crippen molar-refractivity contribution >= 4 is 17.4 Å². The van der Waals surface area contributed by atoms with E-state index in [0.29, 0.717) is 0 Å². The Balaban J connectivity index is 3.62. The van der Waals surface area contributed by atoms with E-state index < -0.39 is 33.6 Å². The highest BCUT2D eigenvalue weighted by Crippen LogP contribution is 2.38. The predicted molar refractivity (Wildman–Crippen MR) is 75.2 cm³/mol. The van der Waals surface area contributed by atoms with Gasteiger partial charge in [0.2, 0.25) is 5.75 Å². The number of amides is 1. The molecule has 1 amide bonds. The Bertz CT molecular complexity index is 702. The van der Waals surface area contributed by atoms with Crippen molar-refractivity contribution in [2.24, 2.45) is 0 Å². The van der Waals surface area contributed by atoms with Crippen LogP contribution < -0.4 is 4.74 Å². The van der Waals surface area contributed by atoms with Gasteiger partial charge in [-0.15, -0.1) is 0 Å². The van der Waals surface area contributed by atoms with E-state index in [9.17, 15) is 25.1 Å². The van der Waals surface area contributed by atoms with E-state index in [1.807, 2.05) is 0 Å². The number of hydrogen-bond acceptors (Lipinski definition) is 7. The van der Waals surface area contributed by atoms with Crippen LogP contribution in [-0.4, -0.2) is 47.1 Å². The number of likely N-dealkylation sites (N-methyl/N-ethyl adjacent to an activating group) is 1. The molecule has 0 aromatic heterocycles. The van der Waals surface area contributed by atoms with Crippen molar-refractivity contribution in [1.29, 1.82) is 5.26 Å². The van der Waals surface area contributed by atoms with Crippen molar-refractivity contribution in [3.05, 3.63) is 33.4 Å². The Morgan fingerprint density at radius 2 is 2.05 bits per heavy atom. The summed E-state index contributed by atoms with van der Waals surface area (Å²) in [4.78, 5) is 22.9. The van der Waals surface area contributed by atoms with E-state index in [4.69, 9.17) is 10.00 Å². The molecule has 1 aromatic rings. The smallest absolute Gasteiger partial charge is 0.315 e. The quantitative estimate of drug-likeness (QED) is 0.280. The fourth-order valence-electron chi connectivity index (χ4n) is 1.59. The lowest BCUT2D eigenvalue weighted by molar-refractivity contribution is -0.386.